The van der Waals surface area contributed by atoms with Crippen LogP contribution in [0.4, 0.5) is 0 Å². The number of carbonyl (C=O) groups is 1. The van der Waals surface area contributed by atoms with Gasteiger partial charge < -0.3 is 0 Å². The number of carbonyl (C=O) groups excluding carboxylic acids is 1. The lowest BCUT2D eigenvalue weighted by molar-refractivity contribution is -0.121. The van der Waals surface area contributed by atoms with Crippen molar-refractivity contribution in [3.8, 4) is 0 Å². The highest BCUT2D eigenvalue weighted by molar-refractivity contribution is 7.91. The van der Waals surface area contributed by atoms with Crippen LogP contribution in [0.2, 0.25) is 0 Å². The van der Waals surface area contributed by atoms with Crippen LogP contribution < -0.4 is 0 Å². The fourth-order valence-corrected chi connectivity index (χ4v) is 2.71. The van der Waals surface area contributed by atoms with E-state index in [1.54, 1.807) is 0 Å². The van der Waals surface area contributed by atoms with Gasteiger partial charge in [0.2, 0.25) is 0 Å². The molecular formula is C10H18O3S. The van der Waals surface area contributed by atoms with Crippen molar-refractivity contribution in [1.29, 1.82) is 0 Å². The van der Waals surface area contributed by atoms with Crippen molar-refractivity contribution >= 4 is 15.6 Å². The Morgan fingerprint density at radius 2 is 1.71 bits per heavy atom. The van der Waals surface area contributed by atoms with E-state index < -0.39 is 9.84 Å². The third kappa shape index (κ3) is 3.78. The Morgan fingerprint density at radius 3 is 2.14 bits per heavy atom. The van der Waals surface area contributed by atoms with Crippen molar-refractivity contribution in [3.05, 3.63) is 0 Å². The highest BCUT2D eigenvalue weighted by Gasteiger charge is 2.26. The summed E-state index contributed by atoms with van der Waals surface area (Å²) in [5, 5.41) is 0. The minimum Gasteiger partial charge on any atom is -0.298 e. The molecule has 0 bridgehead atoms. The van der Waals surface area contributed by atoms with Gasteiger partial charge in [0, 0.05) is 12.2 Å². The Morgan fingerprint density at radius 1 is 1.21 bits per heavy atom. The lowest BCUT2D eigenvalue weighted by atomic mass is 9.81. The fourth-order valence-electron chi connectivity index (χ4n) is 1.96. The van der Waals surface area contributed by atoms with Gasteiger partial charge in [0.1, 0.15) is 5.75 Å². The van der Waals surface area contributed by atoms with Gasteiger partial charge in [-0.3, -0.25) is 4.79 Å². The molecule has 0 aliphatic heterocycles. The smallest absolute Gasteiger partial charge is 0.154 e. The highest BCUT2D eigenvalue weighted by Crippen LogP contribution is 2.28. The van der Waals surface area contributed by atoms with E-state index in [1.807, 2.05) is 0 Å². The molecule has 0 amide bonds. The minimum absolute atomic E-state index is 0.000856. The number of hydrogen-bond acceptors (Lipinski definition) is 3. The number of Topliss-reactive ketones (excluding diaryl/α,β-unsaturated/α-hetero) is 1. The van der Waals surface area contributed by atoms with E-state index in [0.717, 1.165) is 31.9 Å². The van der Waals surface area contributed by atoms with Gasteiger partial charge in [-0.15, -0.1) is 0 Å². The second kappa shape index (κ2) is 4.43. The summed E-state index contributed by atoms with van der Waals surface area (Å²) in [4.78, 5) is 11.5. The maximum absolute atomic E-state index is 11.5. The first-order valence-corrected chi connectivity index (χ1v) is 7.15. The Bertz CT molecular complexity index is 297. The summed E-state index contributed by atoms with van der Waals surface area (Å²) in [5.41, 5.74) is 0. The van der Waals surface area contributed by atoms with Gasteiger partial charge in [-0.05, 0) is 18.8 Å². The van der Waals surface area contributed by atoms with Crippen molar-refractivity contribution in [2.75, 3.05) is 12.0 Å². The van der Waals surface area contributed by atoms with Crippen LogP contribution in [-0.2, 0) is 14.6 Å². The zero-order chi connectivity index (χ0) is 10.8. The molecule has 0 saturated heterocycles. The van der Waals surface area contributed by atoms with Crippen LogP contribution in [0.25, 0.3) is 0 Å². The van der Waals surface area contributed by atoms with E-state index >= 15 is 0 Å². The summed E-state index contributed by atoms with van der Waals surface area (Å²) in [6, 6.07) is 0. The molecule has 0 spiro atoms. The molecule has 0 heterocycles. The summed E-state index contributed by atoms with van der Waals surface area (Å²) < 4.78 is 21.9. The second-order valence-electron chi connectivity index (χ2n) is 4.49. The zero-order valence-corrected chi connectivity index (χ0v) is 9.64. The summed E-state index contributed by atoms with van der Waals surface area (Å²) in [7, 11) is -3.14. The van der Waals surface area contributed by atoms with Gasteiger partial charge >= 0.3 is 0 Å². The van der Waals surface area contributed by atoms with Crippen LogP contribution in [0.5, 0.6) is 0 Å². The van der Waals surface area contributed by atoms with Gasteiger partial charge in [-0.1, -0.05) is 19.8 Å². The molecule has 0 aromatic rings. The van der Waals surface area contributed by atoms with Gasteiger partial charge in [0.05, 0.1) is 0 Å². The molecule has 1 aliphatic carbocycles. The summed E-state index contributed by atoms with van der Waals surface area (Å²) in [5.74, 6) is 0.337. The largest absolute Gasteiger partial charge is 0.298 e. The standard InChI is InChI=1S/C10H18O3S/c1-8-3-5-9(6-4-8)10(11)7-14(2,12)13/h8-9H,3-7H2,1-2H3. The first-order chi connectivity index (χ1) is 6.38. The molecule has 0 N–H and O–H groups in total. The number of hydrogen-bond donors (Lipinski definition) is 0. The van der Waals surface area contributed by atoms with Crippen LogP contribution in [-0.4, -0.2) is 26.2 Å². The van der Waals surface area contributed by atoms with Crippen LogP contribution in [0.1, 0.15) is 32.6 Å². The van der Waals surface area contributed by atoms with Crippen LogP contribution >= 0.6 is 0 Å². The van der Waals surface area contributed by atoms with Crippen molar-refractivity contribution in [2.45, 2.75) is 32.6 Å². The van der Waals surface area contributed by atoms with E-state index in [4.69, 9.17) is 0 Å². The molecule has 0 radical (unpaired) electrons. The molecule has 4 heteroatoms. The molecular weight excluding hydrogens is 200 g/mol. The van der Waals surface area contributed by atoms with Gasteiger partial charge in [0.25, 0.3) is 0 Å². The molecule has 0 aromatic heterocycles. The van der Waals surface area contributed by atoms with Crippen molar-refractivity contribution in [2.24, 2.45) is 11.8 Å². The predicted octanol–water partition coefficient (Wildman–Crippen LogP) is 1.43. The third-order valence-electron chi connectivity index (χ3n) is 2.88. The maximum Gasteiger partial charge on any atom is 0.154 e. The second-order valence-corrected chi connectivity index (χ2v) is 6.63. The molecule has 1 rings (SSSR count). The zero-order valence-electron chi connectivity index (χ0n) is 8.82. The lowest BCUT2D eigenvalue weighted by Gasteiger charge is -2.24. The number of ketones is 1. The van der Waals surface area contributed by atoms with Crippen LogP contribution in [0.3, 0.4) is 0 Å². The van der Waals surface area contributed by atoms with Crippen molar-refractivity contribution in [3.63, 3.8) is 0 Å². The molecule has 0 unspecified atom stereocenters. The van der Waals surface area contributed by atoms with E-state index in [0.29, 0.717) is 5.92 Å². The van der Waals surface area contributed by atoms with E-state index in [-0.39, 0.29) is 17.5 Å². The Hall–Kier alpha value is -0.380. The summed E-state index contributed by atoms with van der Waals surface area (Å²) >= 11 is 0. The van der Waals surface area contributed by atoms with Crippen molar-refractivity contribution in [1.82, 2.24) is 0 Å². The molecule has 0 atom stereocenters. The average molecular weight is 218 g/mol. The van der Waals surface area contributed by atoms with Crippen LogP contribution in [0, 0.1) is 11.8 Å². The van der Waals surface area contributed by atoms with Gasteiger partial charge in [-0.25, -0.2) is 8.42 Å². The first-order valence-electron chi connectivity index (χ1n) is 5.09. The third-order valence-corrected chi connectivity index (χ3v) is 3.68. The highest BCUT2D eigenvalue weighted by atomic mass is 32.2. The Labute approximate surface area is 85.8 Å². The number of sulfone groups is 1. The Kier molecular flexibility index (Phi) is 3.70. The Balaban J connectivity index is 2.46. The van der Waals surface area contributed by atoms with Gasteiger partial charge in [0.15, 0.2) is 15.6 Å². The molecule has 14 heavy (non-hydrogen) atoms. The predicted molar refractivity (Wildman–Crippen MR) is 55.8 cm³/mol. The van der Waals surface area contributed by atoms with Gasteiger partial charge in [-0.2, -0.15) is 0 Å². The van der Waals surface area contributed by atoms with E-state index in [9.17, 15) is 13.2 Å². The molecule has 3 nitrogen and oxygen atoms in total. The van der Waals surface area contributed by atoms with E-state index in [2.05, 4.69) is 6.92 Å². The lowest BCUT2D eigenvalue weighted by Crippen LogP contribution is -2.26. The average Bonchev–Trinajstić information content (AvgIpc) is 2.02. The van der Waals surface area contributed by atoms with Crippen molar-refractivity contribution < 1.29 is 13.2 Å². The quantitative estimate of drug-likeness (QED) is 0.720. The summed E-state index contributed by atoms with van der Waals surface area (Å²) in [6.07, 6.45) is 4.97. The SMILES string of the molecule is CC1CCC(C(=O)CS(C)(=O)=O)CC1. The molecule has 1 aliphatic rings. The molecule has 1 saturated carbocycles. The summed E-state index contributed by atoms with van der Waals surface area (Å²) in [6.45, 7) is 2.18. The molecule has 82 valence electrons. The monoisotopic (exact) mass is 218 g/mol. The topological polar surface area (TPSA) is 51.2 Å². The fraction of sp³-hybridized carbons (Fsp3) is 0.900. The minimum atomic E-state index is -3.14. The van der Waals surface area contributed by atoms with E-state index in [1.165, 1.54) is 0 Å². The first kappa shape index (κ1) is 11.7. The molecule has 1 fully saturated rings. The maximum atomic E-state index is 11.5. The van der Waals surface area contributed by atoms with Crippen LogP contribution in [0.15, 0.2) is 0 Å². The normalized spacial score (nSPS) is 28.7. The number of rotatable bonds is 3. The molecule has 0 aromatic carbocycles.